The highest BCUT2D eigenvalue weighted by Crippen LogP contribution is 2.31. The van der Waals surface area contributed by atoms with E-state index in [0.717, 1.165) is 23.6 Å². The average Bonchev–Trinajstić information content (AvgIpc) is 3.02. The second-order valence-electron chi connectivity index (χ2n) is 6.40. The van der Waals surface area contributed by atoms with Crippen molar-refractivity contribution >= 4 is 29.4 Å². The summed E-state index contributed by atoms with van der Waals surface area (Å²) in [5, 5.41) is 5.25. The summed E-state index contributed by atoms with van der Waals surface area (Å²) in [6.07, 6.45) is -2.34. The normalized spacial score (nSPS) is 17.4. The van der Waals surface area contributed by atoms with Gasteiger partial charge in [0, 0.05) is 28.9 Å². The maximum absolute atomic E-state index is 12.1. The zero-order valence-electron chi connectivity index (χ0n) is 15.1. The topological polar surface area (TPSA) is 53.6 Å². The first-order valence-corrected chi connectivity index (χ1v) is 9.54. The van der Waals surface area contributed by atoms with Crippen LogP contribution in [0.25, 0.3) is 0 Å². The number of halogens is 3. The quantitative estimate of drug-likeness (QED) is 0.618. The number of ether oxygens (including phenoxy) is 1. The van der Waals surface area contributed by atoms with Gasteiger partial charge in [-0.05, 0) is 80.2 Å². The van der Waals surface area contributed by atoms with Gasteiger partial charge in [0.25, 0.3) is 0 Å². The van der Waals surface area contributed by atoms with Gasteiger partial charge in [-0.25, -0.2) is 9.10 Å². The number of amides is 2. The van der Waals surface area contributed by atoms with Crippen LogP contribution in [0.2, 0.25) is 0 Å². The number of anilines is 2. The molecule has 5 nitrogen and oxygen atoms in total. The van der Waals surface area contributed by atoms with Crippen molar-refractivity contribution in [2.75, 3.05) is 17.2 Å². The highest BCUT2D eigenvalue weighted by atomic mass is 32.2. The zero-order valence-corrected chi connectivity index (χ0v) is 15.9. The average molecular weight is 411 g/mol. The molecule has 1 atom stereocenters. The van der Waals surface area contributed by atoms with E-state index in [1.807, 2.05) is 24.3 Å². The fraction of sp³-hybridized carbons (Fsp3) is 0.316. The standard InChI is InChI=1S/C19H20F3N3O2S/c1-13-3-2-12-25(13)28-17-10-6-15(7-11-17)24-18(26)23-14-4-8-16(9-5-14)27-19(20,21)22/h4-11,13H,2-3,12H2,1H3,(H2,23,24,26). The summed E-state index contributed by atoms with van der Waals surface area (Å²) in [5.41, 5.74) is 0.968. The van der Waals surface area contributed by atoms with E-state index in [4.69, 9.17) is 0 Å². The first-order chi connectivity index (χ1) is 13.3. The van der Waals surface area contributed by atoms with E-state index in [0.29, 0.717) is 17.4 Å². The fourth-order valence-corrected chi connectivity index (χ4v) is 3.84. The molecular weight excluding hydrogens is 391 g/mol. The molecule has 1 saturated heterocycles. The van der Waals surface area contributed by atoms with Crippen molar-refractivity contribution < 1.29 is 22.7 Å². The van der Waals surface area contributed by atoms with E-state index >= 15 is 0 Å². The van der Waals surface area contributed by atoms with E-state index in [-0.39, 0.29) is 5.75 Å². The largest absolute Gasteiger partial charge is 0.573 e. The Morgan fingerprint density at radius 3 is 2.14 bits per heavy atom. The molecule has 2 N–H and O–H groups in total. The Hall–Kier alpha value is -2.39. The van der Waals surface area contributed by atoms with Crippen LogP contribution in [0.1, 0.15) is 19.8 Å². The number of urea groups is 1. The number of hydrogen-bond donors (Lipinski definition) is 2. The van der Waals surface area contributed by atoms with Gasteiger partial charge in [-0.15, -0.1) is 13.2 Å². The van der Waals surface area contributed by atoms with Gasteiger partial charge in [-0.3, -0.25) is 0 Å². The van der Waals surface area contributed by atoms with Gasteiger partial charge < -0.3 is 15.4 Å². The molecule has 1 aliphatic rings. The second-order valence-corrected chi connectivity index (χ2v) is 7.52. The Balaban J connectivity index is 1.50. The molecule has 0 aromatic heterocycles. The van der Waals surface area contributed by atoms with Gasteiger partial charge in [0.2, 0.25) is 0 Å². The molecule has 150 valence electrons. The molecule has 0 radical (unpaired) electrons. The maximum Gasteiger partial charge on any atom is 0.573 e. The fourth-order valence-electron chi connectivity index (χ4n) is 2.81. The molecule has 1 unspecified atom stereocenters. The van der Waals surface area contributed by atoms with Crippen LogP contribution in [0.15, 0.2) is 53.4 Å². The number of nitrogens with one attached hydrogen (secondary N) is 2. The van der Waals surface area contributed by atoms with E-state index in [1.165, 1.54) is 25.0 Å². The van der Waals surface area contributed by atoms with Gasteiger partial charge >= 0.3 is 12.4 Å². The Morgan fingerprint density at radius 2 is 1.64 bits per heavy atom. The van der Waals surface area contributed by atoms with Crippen LogP contribution in [0, 0.1) is 0 Å². The summed E-state index contributed by atoms with van der Waals surface area (Å²) in [5.74, 6) is -0.348. The van der Waals surface area contributed by atoms with E-state index in [2.05, 4.69) is 26.6 Å². The summed E-state index contributed by atoms with van der Waals surface area (Å²) in [6.45, 7) is 3.28. The third kappa shape index (κ3) is 6.07. The molecule has 2 aromatic carbocycles. The highest BCUT2D eigenvalue weighted by Gasteiger charge is 2.31. The third-order valence-electron chi connectivity index (χ3n) is 4.17. The minimum Gasteiger partial charge on any atom is -0.406 e. The Bertz CT molecular complexity index is 798. The number of nitrogens with zero attached hydrogens (tertiary/aromatic N) is 1. The van der Waals surface area contributed by atoms with Gasteiger partial charge in [-0.1, -0.05) is 0 Å². The van der Waals surface area contributed by atoms with Crippen molar-refractivity contribution in [3.8, 4) is 5.75 Å². The minimum absolute atomic E-state index is 0.348. The van der Waals surface area contributed by atoms with Crippen molar-refractivity contribution in [2.45, 2.75) is 37.1 Å². The number of alkyl halides is 3. The lowest BCUT2D eigenvalue weighted by atomic mass is 10.3. The first-order valence-electron chi connectivity index (χ1n) is 8.77. The van der Waals surface area contributed by atoms with Crippen molar-refractivity contribution in [2.24, 2.45) is 0 Å². The van der Waals surface area contributed by atoms with Crippen LogP contribution in [0.4, 0.5) is 29.3 Å². The van der Waals surface area contributed by atoms with Crippen LogP contribution >= 0.6 is 11.9 Å². The van der Waals surface area contributed by atoms with Crippen LogP contribution in [-0.2, 0) is 0 Å². The summed E-state index contributed by atoms with van der Waals surface area (Å²) in [6, 6.07) is 12.5. The Morgan fingerprint density at radius 1 is 1.07 bits per heavy atom. The summed E-state index contributed by atoms with van der Waals surface area (Å²) < 4.78 is 42.6. The second kappa shape index (κ2) is 8.74. The lowest BCUT2D eigenvalue weighted by molar-refractivity contribution is -0.274. The van der Waals surface area contributed by atoms with Gasteiger partial charge in [-0.2, -0.15) is 0 Å². The SMILES string of the molecule is CC1CCCN1Sc1ccc(NC(=O)Nc2ccc(OC(F)(F)F)cc2)cc1. The molecule has 2 amide bonds. The summed E-state index contributed by atoms with van der Waals surface area (Å²) in [4.78, 5) is 13.2. The Labute approximate surface area is 165 Å². The maximum atomic E-state index is 12.1. The molecule has 3 rings (SSSR count). The van der Waals surface area contributed by atoms with Gasteiger partial charge in [0.05, 0.1) is 0 Å². The lowest BCUT2D eigenvalue weighted by Gasteiger charge is -2.19. The number of benzene rings is 2. The molecule has 0 saturated carbocycles. The van der Waals surface area contributed by atoms with Gasteiger partial charge in [0.1, 0.15) is 5.75 Å². The number of carbonyl (C=O) groups is 1. The molecule has 9 heteroatoms. The lowest BCUT2D eigenvalue weighted by Crippen LogP contribution is -2.20. The smallest absolute Gasteiger partial charge is 0.406 e. The van der Waals surface area contributed by atoms with Crippen LogP contribution in [0.5, 0.6) is 5.75 Å². The predicted octanol–water partition coefficient (Wildman–Crippen LogP) is 5.72. The molecule has 1 heterocycles. The molecule has 2 aromatic rings. The molecule has 0 bridgehead atoms. The summed E-state index contributed by atoms with van der Waals surface area (Å²) >= 11 is 1.71. The molecule has 0 spiro atoms. The highest BCUT2D eigenvalue weighted by molar-refractivity contribution is 7.97. The molecular formula is C19H20F3N3O2S. The molecule has 1 aliphatic heterocycles. The van der Waals surface area contributed by atoms with Crippen molar-refractivity contribution in [3.63, 3.8) is 0 Å². The van der Waals surface area contributed by atoms with Gasteiger partial charge in [0.15, 0.2) is 0 Å². The number of carbonyl (C=O) groups excluding carboxylic acids is 1. The predicted molar refractivity (Wildman–Crippen MR) is 103 cm³/mol. The van der Waals surface area contributed by atoms with E-state index < -0.39 is 12.4 Å². The zero-order chi connectivity index (χ0) is 20.1. The molecule has 0 aliphatic carbocycles. The Kier molecular flexibility index (Phi) is 6.35. The van der Waals surface area contributed by atoms with Crippen molar-refractivity contribution in [1.29, 1.82) is 0 Å². The monoisotopic (exact) mass is 411 g/mol. The number of rotatable bonds is 5. The van der Waals surface area contributed by atoms with Crippen LogP contribution in [0.3, 0.4) is 0 Å². The molecule has 28 heavy (non-hydrogen) atoms. The number of hydrogen-bond acceptors (Lipinski definition) is 4. The van der Waals surface area contributed by atoms with Crippen molar-refractivity contribution in [3.05, 3.63) is 48.5 Å². The van der Waals surface area contributed by atoms with E-state index in [9.17, 15) is 18.0 Å². The van der Waals surface area contributed by atoms with Crippen LogP contribution < -0.4 is 15.4 Å². The van der Waals surface area contributed by atoms with Crippen LogP contribution in [-0.4, -0.2) is 29.3 Å². The summed E-state index contributed by atoms with van der Waals surface area (Å²) in [7, 11) is 0. The molecule has 1 fully saturated rings. The third-order valence-corrected chi connectivity index (χ3v) is 5.43. The minimum atomic E-state index is -4.75. The van der Waals surface area contributed by atoms with E-state index in [1.54, 1.807) is 11.9 Å². The first kappa shape index (κ1) is 20.3. The van der Waals surface area contributed by atoms with Crippen molar-refractivity contribution in [1.82, 2.24) is 4.31 Å².